The fraction of sp³-hybridized carbons (Fsp3) is 0.391. The second kappa shape index (κ2) is 8.37. The van der Waals surface area contributed by atoms with Crippen molar-refractivity contribution in [1.29, 1.82) is 0 Å². The van der Waals surface area contributed by atoms with Gasteiger partial charge in [-0.05, 0) is 38.8 Å². The number of nitrogen functional groups attached to an aromatic ring is 1. The minimum Gasteiger partial charge on any atom is -0.493 e. The molecule has 0 spiro atoms. The quantitative estimate of drug-likeness (QED) is 0.689. The third-order valence-electron chi connectivity index (χ3n) is 5.88. The summed E-state index contributed by atoms with van der Waals surface area (Å²) in [6.45, 7) is 4.95. The summed E-state index contributed by atoms with van der Waals surface area (Å²) in [5.41, 5.74) is 9.99. The molecule has 3 heterocycles. The van der Waals surface area contributed by atoms with Gasteiger partial charge < -0.3 is 20.1 Å². The number of pyridine rings is 1. The van der Waals surface area contributed by atoms with Gasteiger partial charge in [0.1, 0.15) is 5.82 Å². The summed E-state index contributed by atoms with van der Waals surface area (Å²) in [4.78, 5) is 28.1. The zero-order chi connectivity index (χ0) is 22.1. The van der Waals surface area contributed by atoms with Gasteiger partial charge in [-0.2, -0.15) is 0 Å². The Morgan fingerprint density at radius 2 is 1.74 bits per heavy atom. The van der Waals surface area contributed by atoms with Crippen LogP contribution in [0.25, 0.3) is 10.9 Å². The number of fused-ring (bicyclic) bond motifs is 1. The molecule has 1 aliphatic heterocycles. The molecule has 8 nitrogen and oxygen atoms in total. The molecule has 8 heteroatoms. The molecular weight excluding hydrogens is 394 g/mol. The average molecular weight is 422 g/mol. The lowest BCUT2D eigenvalue weighted by Crippen LogP contribution is -2.38. The van der Waals surface area contributed by atoms with E-state index in [0.717, 1.165) is 29.4 Å². The van der Waals surface area contributed by atoms with E-state index in [-0.39, 0.29) is 11.8 Å². The second-order valence-corrected chi connectivity index (χ2v) is 7.85. The number of ether oxygens (including phenoxy) is 2. The summed E-state index contributed by atoms with van der Waals surface area (Å²) in [6, 6.07) is 5.69. The fourth-order valence-electron chi connectivity index (χ4n) is 4.18. The van der Waals surface area contributed by atoms with Crippen LogP contribution in [-0.4, -0.2) is 53.1 Å². The number of rotatable bonds is 4. The SMILES string of the molecule is COc1cc2cc(N)c(C3CCN(C(=O)c4cnc(C)nc4C)CC3)nc2cc1OC. The molecule has 2 aromatic heterocycles. The number of anilines is 1. The van der Waals surface area contributed by atoms with Crippen LogP contribution in [0.5, 0.6) is 11.5 Å². The molecule has 3 aromatic rings. The van der Waals surface area contributed by atoms with E-state index in [1.54, 1.807) is 20.4 Å². The average Bonchev–Trinajstić information content (AvgIpc) is 2.77. The third-order valence-corrected chi connectivity index (χ3v) is 5.88. The van der Waals surface area contributed by atoms with E-state index in [1.165, 1.54) is 0 Å². The standard InChI is InChI=1S/C23H27N5O3/c1-13-17(12-25-14(2)26-13)23(29)28-7-5-15(6-8-28)22-18(24)9-16-10-20(30-3)21(31-4)11-19(16)27-22/h9-12,15H,5-8,24H2,1-4H3. The lowest BCUT2D eigenvalue weighted by Gasteiger charge is -2.32. The molecule has 31 heavy (non-hydrogen) atoms. The number of nitrogens with two attached hydrogens (primary N) is 1. The highest BCUT2D eigenvalue weighted by Crippen LogP contribution is 2.36. The van der Waals surface area contributed by atoms with Crippen molar-refractivity contribution < 1.29 is 14.3 Å². The van der Waals surface area contributed by atoms with Crippen LogP contribution in [-0.2, 0) is 0 Å². The minimum atomic E-state index is -0.0211. The molecule has 0 bridgehead atoms. The van der Waals surface area contributed by atoms with E-state index in [9.17, 15) is 4.79 Å². The highest BCUT2D eigenvalue weighted by molar-refractivity contribution is 5.95. The molecule has 4 rings (SSSR count). The molecule has 0 radical (unpaired) electrons. The summed E-state index contributed by atoms with van der Waals surface area (Å²) in [5, 5.41) is 0.904. The molecule has 1 fully saturated rings. The van der Waals surface area contributed by atoms with Crippen molar-refractivity contribution in [1.82, 2.24) is 19.9 Å². The highest BCUT2D eigenvalue weighted by Gasteiger charge is 2.28. The largest absolute Gasteiger partial charge is 0.493 e. The molecule has 1 aliphatic rings. The van der Waals surface area contributed by atoms with Gasteiger partial charge in [-0.25, -0.2) is 9.97 Å². The molecule has 0 aliphatic carbocycles. The third kappa shape index (κ3) is 3.97. The van der Waals surface area contributed by atoms with E-state index in [4.69, 9.17) is 20.2 Å². The maximum Gasteiger partial charge on any atom is 0.257 e. The summed E-state index contributed by atoms with van der Waals surface area (Å²) in [6.07, 6.45) is 3.22. The lowest BCUT2D eigenvalue weighted by atomic mass is 9.91. The van der Waals surface area contributed by atoms with Crippen LogP contribution in [0.15, 0.2) is 24.4 Å². The summed E-state index contributed by atoms with van der Waals surface area (Å²) < 4.78 is 10.8. The van der Waals surface area contributed by atoms with Crippen molar-refractivity contribution in [3.63, 3.8) is 0 Å². The van der Waals surface area contributed by atoms with Crippen LogP contribution < -0.4 is 15.2 Å². The molecular formula is C23H27N5O3. The van der Waals surface area contributed by atoms with Crippen LogP contribution in [0.4, 0.5) is 5.69 Å². The minimum absolute atomic E-state index is 0.0211. The summed E-state index contributed by atoms with van der Waals surface area (Å²) in [7, 11) is 3.21. The molecule has 0 saturated carbocycles. The fourth-order valence-corrected chi connectivity index (χ4v) is 4.18. The van der Waals surface area contributed by atoms with E-state index < -0.39 is 0 Å². The number of hydrogen-bond acceptors (Lipinski definition) is 7. The van der Waals surface area contributed by atoms with Gasteiger partial charge in [-0.1, -0.05) is 0 Å². The van der Waals surface area contributed by atoms with Gasteiger partial charge in [0, 0.05) is 36.7 Å². The number of piperidine rings is 1. The van der Waals surface area contributed by atoms with Gasteiger partial charge in [0.05, 0.1) is 42.4 Å². The number of carbonyl (C=O) groups is 1. The Kier molecular flexibility index (Phi) is 5.63. The number of amides is 1. The first-order valence-electron chi connectivity index (χ1n) is 10.3. The van der Waals surface area contributed by atoms with Crippen molar-refractivity contribution >= 4 is 22.5 Å². The molecule has 1 saturated heterocycles. The lowest BCUT2D eigenvalue weighted by molar-refractivity contribution is 0.0710. The van der Waals surface area contributed by atoms with E-state index in [2.05, 4.69) is 9.97 Å². The van der Waals surface area contributed by atoms with Gasteiger partial charge in [-0.3, -0.25) is 9.78 Å². The highest BCUT2D eigenvalue weighted by atomic mass is 16.5. The maximum atomic E-state index is 12.9. The predicted molar refractivity (Wildman–Crippen MR) is 119 cm³/mol. The number of likely N-dealkylation sites (tertiary alicyclic amines) is 1. The first kappa shape index (κ1) is 20.8. The van der Waals surface area contributed by atoms with Crippen molar-refractivity contribution in [2.45, 2.75) is 32.6 Å². The van der Waals surface area contributed by atoms with Crippen molar-refractivity contribution in [2.75, 3.05) is 33.0 Å². The summed E-state index contributed by atoms with van der Waals surface area (Å²) in [5.74, 6) is 2.12. The smallest absolute Gasteiger partial charge is 0.257 e. The number of hydrogen-bond donors (Lipinski definition) is 1. The van der Waals surface area contributed by atoms with E-state index in [1.807, 2.05) is 36.9 Å². The van der Waals surface area contributed by atoms with E-state index in [0.29, 0.717) is 47.4 Å². The van der Waals surface area contributed by atoms with Crippen LogP contribution >= 0.6 is 0 Å². The first-order chi connectivity index (χ1) is 14.9. The van der Waals surface area contributed by atoms with Crippen LogP contribution in [0.1, 0.15) is 46.3 Å². The van der Waals surface area contributed by atoms with Crippen LogP contribution in [0, 0.1) is 13.8 Å². The Morgan fingerprint density at radius 3 is 2.39 bits per heavy atom. The molecule has 0 atom stereocenters. The van der Waals surface area contributed by atoms with Crippen LogP contribution in [0.2, 0.25) is 0 Å². The molecule has 1 aromatic carbocycles. The number of nitrogens with zero attached hydrogens (tertiary/aromatic N) is 4. The second-order valence-electron chi connectivity index (χ2n) is 7.85. The number of aryl methyl sites for hydroxylation is 2. The normalized spacial score (nSPS) is 14.6. The van der Waals surface area contributed by atoms with Crippen molar-refractivity contribution in [2.24, 2.45) is 0 Å². The Balaban J connectivity index is 1.54. The molecule has 162 valence electrons. The number of aromatic nitrogens is 3. The van der Waals surface area contributed by atoms with Crippen molar-refractivity contribution in [3.05, 3.63) is 47.2 Å². The molecule has 2 N–H and O–H groups in total. The van der Waals surface area contributed by atoms with Gasteiger partial charge >= 0.3 is 0 Å². The van der Waals surface area contributed by atoms with E-state index >= 15 is 0 Å². The van der Waals surface area contributed by atoms with Gasteiger partial charge in [0.25, 0.3) is 5.91 Å². The number of carbonyl (C=O) groups excluding carboxylic acids is 1. The zero-order valence-corrected chi connectivity index (χ0v) is 18.3. The van der Waals surface area contributed by atoms with Gasteiger partial charge in [0.15, 0.2) is 11.5 Å². The topological polar surface area (TPSA) is 103 Å². The van der Waals surface area contributed by atoms with Gasteiger partial charge in [0.2, 0.25) is 0 Å². The first-order valence-corrected chi connectivity index (χ1v) is 10.3. The Morgan fingerprint density at radius 1 is 1.06 bits per heavy atom. The summed E-state index contributed by atoms with van der Waals surface area (Å²) >= 11 is 0. The monoisotopic (exact) mass is 421 g/mol. The molecule has 1 amide bonds. The predicted octanol–water partition coefficient (Wildman–Crippen LogP) is 3.26. The Hall–Kier alpha value is -3.42. The van der Waals surface area contributed by atoms with Crippen molar-refractivity contribution in [3.8, 4) is 11.5 Å². The number of benzene rings is 1. The Bertz CT molecular complexity index is 1140. The molecule has 0 unspecified atom stereocenters. The zero-order valence-electron chi connectivity index (χ0n) is 18.3. The maximum absolute atomic E-state index is 12.9. The Labute approximate surface area is 181 Å². The number of methoxy groups -OCH3 is 2. The van der Waals surface area contributed by atoms with Crippen LogP contribution in [0.3, 0.4) is 0 Å². The van der Waals surface area contributed by atoms with Gasteiger partial charge in [-0.15, -0.1) is 0 Å².